The van der Waals surface area contributed by atoms with Gasteiger partial charge >= 0.3 is 6.03 Å². The van der Waals surface area contributed by atoms with E-state index in [0.29, 0.717) is 0 Å². The molecule has 1 rings (SSSR count). The van der Waals surface area contributed by atoms with Crippen molar-refractivity contribution in [1.82, 2.24) is 5.32 Å². The molecule has 1 aliphatic heterocycles. The molecule has 4 nitrogen and oxygen atoms in total. The second-order valence-corrected chi connectivity index (χ2v) is 1.05. The van der Waals surface area contributed by atoms with Crippen LogP contribution in [0.25, 0.3) is 0 Å². The van der Waals surface area contributed by atoms with Crippen LogP contribution in [0.3, 0.4) is 0 Å². The van der Waals surface area contributed by atoms with E-state index in [0.717, 1.165) is 6.21 Å². The molecular weight excluding hydrogens is 131 g/mol. The summed E-state index contributed by atoms with van der Waals surface area (Å²) >= 11 is 0. The van der Waals surface area contributed by atoms with Crippen LogP contribution in [0, 0.1) is 0 Å². The van der Waals surface area contributed by atoms with Crippen LogP contribution in [0.1, 0.15) is 0 Å². The Morgan fingerprint density at radius 1 is 1.50 bits per heavy atom. The number of halogens is 1. The monoisotopic (exact) mass is 134 g/mol. The van der Waals surface area contributed by atoms with Gasteiger partial charge in [0.05, 0.1) is 6.21 Å². The van der Waals surface area contributed by atoms with Crippen molar-refractivity contribution in [2.75, 3.05) is 0 Å². The first kappa shape index (κ1) is 7.10. The zero-order valence-corrected chi connectivity index (χ0v) is 4.57. The van der Waals surface area contributed by atoms with Crippen molar-refractivity contribution in [3.8, 4) is 0 Å². The summed E-state index contributed by atoms with van der Waals surface area (Å²) in [6.07, 6.45) is 0.947. The Hall–Kier alpha value is -0.900. The van der Waals surface area contributed by atoms with Crippen molar-refractivity contribution >= 4 is 30.6 Å². The van der Waals surface area contributed by atoms with Crippen LogP contribution in [-0.4, -0.2) is 18.2 Å². The maximum absolute atomic E-state index is 9.97. The van der Waals surface area contributed by atoms with E-state index in [2.05, 4.69) is 4.99 Å². The number of hydrogen-bond acceptors (Lipinski definition) is 2. The SMILES string of the molecule is Cl.O=C1C=NC(=O)N1. The van der Waals surface area contributed by atoms with Crippen LogP contribution < -0.4 is 5.32 Å². The molecule has 0 aromatic rings. The van der Waals surface area contributed by atoms with Crippen molar-refractivity contribution in [3.63, 3.8) is 0 Å². The number of urea groups is 1. The maximum Gasteiger partial charge on any atom is 0.348 e. The topological polar surface area (TPSA) is 58.5 Å². The summed E-state index contributed by atoms with van der Waals surface area (Å²) < 4.78 is 0. The molecule has 1 aliphatic rings. The molecule has 5 heteroatoms. The van der Waals surface area contributed by atoms with Gasteiger partial charge in [-0.15, -0.1) is 12.4 Å². The van der Waals surface area contributed by atoms with Gasteiger partial charge in [-0.05, 0) is 0 Å². The van der Waals surface area contributed by atoms with Crippen molar-refractivity contribution in [2.24, 2.45) is 4.99 Å². The van der Waals surface area contributed by atoms with E-state index in [-0.39, 0.29) is 12.4 Å². The minimum Gasteiger partial charge on any atom is -0.271 e. The maximum atomic E-state index is 9.97. The van der Waals surface area contributed by atoms with Gasteiger partial charge in [-0.3, -0.25) is 10.1 Å². The highest BCUT2D eigenvalue weighted by Gasteiger charge is 2.08. The highest BCUT2D eigenvalue weighted by atomic mass is 35.5. The predicted octanol–water partition coefficient (Wildman–Crippen LogP) is -0.271. The van der Waals surface area contributed by atoms with E-state index in [9.17, 15) is 9.59 Å². The zero-order chi connectivity index (χ0) is 5.28. The quantitative estimate of drug-likeness (QED) is 0.496. The number of hydrogen-bond donors (Lipinski definition) is 1. The first-order valence-corrected chi connectivity index (χ1v) is 1.68. The Bertz CT molecular complexity index is 137. The van der Waals surface area contributed by atoms with Gasteiger partial charge in [0.1, 0.15) is 0 Å². The molecule has 44 valence electrons. The fraction of sp³-hybridized carbons (Fsp3) is 0. The molecule has 0 radical (unpaired) electrons. The lowest BCUT2D eigenvalue weighted by molar-refractivity contribution is -0.113. The molecule has 0 aromatic heterocycles. The molecule has 1 N–H and O–H groups in total. The lowest BCUT2D eigenvalue weighted by Crippen LogP contribution is -2.20. The number of aliphatic imine (C=N–C) groups is 1. The summed E-state index contributed by atoms with van der Waals surface area (Å²) in [6.45, 7) is 0. The van der Waals surface area contributed by atoms with Gasteiger partial charge in [0.15, 0.2) is 0 Å². The average Bonchev–Trinajstić information content (AvgIpc) is 1.87. The summed E-state index contributed by atoms with van der Waals surface area (Å²) in [7, 11) is 0. The Balaban J connectivity index is 0.000000490. The summed E-state index contributed by atoms with van der Waals surface area (Å²) in [6, 6.07) is -0.579. The minimum absolute atomic E-state index is 0. The van der Waals surface area contributed by atoms with E-state index in [1.54, 1.807) is 0 Å². The lowest BCUT2D eigenvalue weighted by atomic mass is 10.7. The molecule has 0 saturated heterocycles. The molecule has 1 heterocycles. The Labute approximate surface area is 51.4 Å². The van der Waals surface area contributed by atoms with Crippen molar-refractivity contribution in [3.05, 3.63) is 0 Å². The number of carbonyl (C=O) groups is 2. The van der Waals surface area contributed by atoms with E-state index < -0.39 is 11.9 Å². The largest absolute Gasteiger partial charge is 0.348 e. The molecule has 0 aromatic carbocycles. The number of nitrogens with zero attached hydrogens (tertiary/aromatic N) is 1. The molecule has 3 amide bonds. The molecule has 0 fully saturated rings. The fourth-order valence-corrected chi connectivity index (χ4v) is 0.287. The van der Waals surface area contributed by atoms with Crippen molar-refractivity contribution in [1.29, 1.82) is 0 Å². The Kier molecular flexibility index (Phi) is 2.15. The zero-order valence-electron chi connectivity index (χ0n) is 3.75. The molecule has 0 bridgehead atoms. The van der Waals surface area contributed by atoms with Gasteiger partial charge in [-0.2, -0.15) is 4.99 Å². The van der Waals surface area contributed by atoms with Crippen LogP contribution in [0.2, 0.25) is 0 Å². The van der Waals surface area contributed by atoms with Crippen LogP contribution in [0.15, 0.2) is 4.99 Å². The molecule has 0 atom stereocenters. The molecule has 0 aliphatic carbocycles. The standard InChI is InChI=1S/C3H2N2O2.ClH/c6-2-1-4-3(7)5-2;/h1H,(H,5,6,7);1H. The highest BCUT2D eigenvalue weighted by Crippen LogP contribution is 1.78. The number of nitrogens with one attached hydrogen (secondary N) is 1. The molecule has 0 saturated carbocycles. The van der Waals surface area contributed by atoms with Crippen LogP contribution in [0.5, 0.6) is 0 Å². The summed E-state index contributed by atoms with van der Waals surface area (Å²) in [5.74, 6) is -0.440. The summed E-state index contributed by atoms with van der Waals surface area (Å²) in [5.41, 5.74) is 0. The van der Waals surface area contributed by atoms with Gasteiger partial charge in [0.25, 0.3) is 5.91 Å². The summed E-state index contributed by atoms with van der Waals surface area (Å²) in [4.78, 5) is 23.0. The summed E-state index contributed by atoms with van der Waals surface area (Å²) in [5, 5.41) is 1.92. The first-order valence-electron chi connectivity index (χ1n) is 1.68. The van der Waals surface area contributed by atoms with Crippen LogP contribution in [0.4, 0.5) is 4.79 Å². The third kappa shape index (κ3) is 1.31. The number of imide groups is 1. The van der Waals surface area contributed by atoms with E-state index in [1.807, 2.05) is 5.32 Å². The second-order valence-electron chi connectivity index (χ2n) is 1.05. The van der Waals surface area contributed by atoms with Gasteiger partial charge in [-0.25, -0.2) is 4.79 Å². The smallest absolute Gasteiger partial charge is 0.271 e. The Morgan fingerprint density at radius 2 is 2.12 bits per heavy atom. The third-order valence-corrected chi connectivity index (χ3v) is 0.529. The number of amides is 3. The normalized spacial score (nSPS) is 15.5. The first-order chi connectivity index (χ1) is 3.29. The van der Waals surface area contributed by atoms with E-state index in [1.165, 1.54) is 0 Å². The van der Waals surface area contributed by atoms with Crippen molar-refractivity contribution in [2.45, 2.75) is 0 Å². The van der Waals surface area contributed by atoms with Gasteiger partial charge in [-0.1, -0.05) is 0 Å². The molecular formula is C3H3ClN2O2. The number of rotatable bonds is 0. The molecule has 0 unspecified atom stereocenters. The highest BCUT2D eigenvalue weighted by molar-refractivity contribution is 6.35. The predicted molar refractivity (Wildman–Crippen MR) is 29.3 cm³/mol. The average molecular weight is 135 g/mol. The van der Waals surface area contributed by atoms with Gasteiger partial charge < -0.3 is 0 Å². The fourth-order valence-electron chi connectivity index (χ4n) is 0.287. The van der Waals surface area contributed by atoms with Gasteiger partial charge in [0, 0.05) is 0 Å². The van der Waals surface area contributed by atoms with E-state index >= 15 is 0 Å². The minimum atomic E-state index is -0.579. The lowest BCUT2D eigenvalue weighted by Gasteiger charge is -1.77. The van der Waals surface area contributed by atoms with Crippen LogP contribution in [-0.2, 0) is 4.79 Å². The van der Waals surface area contributed by atoms with E-state index in [4.69, 9.17) is 0 Å². The number of carbonyl (C=O) groups excluding carboxylic acids is 2. The molecule has 0 spiro atoms. The van der Waals surface area contributed by atoms with Crippen LogP contribution >= 0.6 is 12.4 Å². The van der Waals surface area contributed by atoms with Gasteiger partial charge in [0.2, 0.25) is 0 Å². The molecule has 8 heavy (non-hydrogen) atoms. The van der Waals surface area contributed by atoms with Crippen molar-refractivity contribution < 1.29 is 9.59 Å². The Morgan fingerprint density at radius 3 is 2.25 bits per heavy atom. The third-order valence-electron chi connectivity index (χ3n) is 0.529. The second kappa shape index (κ2) is 2.42.